The van der Waals surface area contributed by atoms with Crippen LogP contribution in [0.15, 0.2) is 77.7 Å². The summed E-state index contributed by atoms with van der Waals surface area (Å²) in [6, 6.07) is 23.6. The molecule has 3 aromatic rings. The average Bonchev–Trinajstić information content (AvgIpc) is 2.72. The Morgan fingerprint density at radius 3 is 2.30 bits per heavy atom. The van der Waals surface area contributed by atoms with Crippen LogP contribution in [0.2, 0.25) is 0 Å². The van der Waals surface area contributed by atoms with Crippen molar-refractivity contribution in [2.75, 3.05) is 16.0 Å². The molecule has 154 valence electrons. The van der Waals surface area contributed by atoms with Crippen molar-refractivity contribution in [1.82, 2.24) is 0 Å². The number of aryl methyl sites for hydroxylation is 1. The number of anilines is 3. The van der Waals surface area contributed by atoms with Crippen LogP contribution in [0.5, 0.6) is 0 Å². The number of para-hydroxylation sites is 1. The molecule has 1 atom stereocenters. The number of benzene rings is 3. The van der Waals surface area contributed by atoms with Crippen LogP contribution in [0.3, 0.4) is 0 Å². The second kappa shape index (κ2) is 10.3. The highest BCUT2D eigenvalue weighted by Crippen LogP contribution is 2.27. The van der Waals surface area contributed by atoms with E-state index in [1.807, 2.05) is 93.6 Å². The highest BCUT2D eigenvalue weighted by Gasteiger charge is 2.16. The number of thioether (sulfide) groups is 1. The van der Waals surface area contributed by atoms with Crippen molar-refractivity contribution < 1.29 is 4.79 Å². The normalized spacial score (nSPS) is 11.4. The molecule has 6 heteroatoms. The van der Waals surface area contributed by atoms with Gasteiger partial charge in [-0.15, -0.1) is 11.8 Å². The maximum Gasteiger partial charge on any atom is 0.237 e. The van der Waals surface area contributed by atoms with E-state index in [0.29, 0.717) is 5.11 Å². The highest BCUT2D eigenvalue weighted by atomic mass is 32.2. The van der Waals surface area contributed by atoms with Crippen LogP contribution >= 0.6 is 24.0 Å². The van der Waals surface area contributed by atoms with E-state index in [1.165, 1.54) is 11.8 Å². The van der Waals surface area contributed by atoms with Gasteiger partial charge in [-0.25, -0.2) is 0 Å². The molecule has 0 fully saturated rings. The van der Waals surface area contributed by atoms with E-state index in [4.69, 9.17) is 12.2 Å². The van der Waals surface area contributed by atoms with Crippen molar-refractivity contribution in [3.63, 3.8) is 0 Å². The monoisotopic (exact) mass is 435 g/mol. The summed E-state index contributed by atoms with van der Waals surface area (Å²) in [5, 5.41) is 9.66. The molecule has 3 rings (SSSR count). The lowest BCUT2D eigenvalue weighted by Gasteiger charge is -2.15. The molecule has 0 aromatic heterocycles. The molecule has 3 N–H and O–H groups in total. The summed E-state index contributed by atoms with van der Waals surface area (Å²) in [7, 11) is 0. The minimum Gasteiger partial charge on any atom is -0.332 e. The predicted octanol–water partition coefficient (Wildman–Crippen LogP) is 6.23. The van der Waals surface area contributed by atoms with Gasteiger partial charge in [0.25, 0.3) is 0 Å². The van der Waals surface area contributed by atoms with Gasteiger partial charge in [-0.3, -0.25) is 4.79 Å². The van der Waals surface area contributed by atoms with Gasteiger partial charge >= 0.3 is 0 Å². The van der Waals surface area contributed by atoms with Gasteiger partial charge in [-0.2, -0.15) is 0 Å². The highest BCUT2D eigenvalue weighted by molar-refractivity contribution is 8.00. The Balaban J connectivity index is 1.59. The number of carbonyl (C=O) groups excluding carboxylic acids is 1. The van der Waals surface area contributed by atoms with Crippen molar-refractivity contribution >= 4 is 52.1 Å². The topological polar surface area (TPSA) is 53.2 Å². The Morgan fingerprint density at radius 2 is 1.53 bits per heavy atom. The Hall–Kier alpha value is -2.83. The van der Waals surface area contributed by atoms with Gasteiger partial charge in [0, 0.05) is 22.0 Å². The molecular formula is C24H25N3OS2. The van der Waals surface area contributed by atoms with Crippen LogP contribution in [-0.4, -0.2) is 16.3 Å². The molecule has 0 saturated heterocycles. The van der Waals surface area contributed by atoms with Crippen molar-refractivity contribution in [1.29, 1.82) is 0 Å². The molecule has 0 heterocycles. The average molecular weight is 436 g/mol. The Kier molecular flexibility index (Phi) is 7.49. The molecule has 1 amide bonds. The Labute approximate surface area is 187 Å². The molecule has 0 bridgehead atoms. The van der Waals surface area contributed by atoms with E-state index in [1.54, 1.807) is 0 Å². The number of amides is 1. The van der Waals surface area contributed by atoms with Gasteiger partial charge in [0.1, 0.15) is 0 Å². The molecule has 0 saturated carbocycles. The number of hydrogen-bond acceptors (Lipinski definition) is 3. The largest absolute Gasteiger partial charge is 0.332 e. The first-order valence-electron chi connectivity index (χ1n) is 9.69. The van der Waals surface area contributed by atoms with Crippen LogP contribution in [0.1, 0.15) is 18.1 Å². The summed E-state index contributed by atoms with van der Waals surface area (Å²) in [6.45, 7) is 5.97. The van der Waals surface area contributed by atoms with Gasteiger partial charge < -0.3 is 16.0 Å². The third-order valence-electron chi connectivity index (χ3n) is 4.67. The van der Waals surface area contributed by atoms with E-state index in [0.717, 1.165) is 33.1 Å². The maximum atomic E-state index is 12.7. The number of nitrogens with one attached hydrogen (secondary N) is 3. The summed E-state index contributed by atoms with van der Waals surface area (Å²) in [5.74, 6) is -0.0201. The molecule has 4 nitrogen and oxygen atoms in total. The van der Waals surface area contributed by atoms with Crippen LogP contribution in [0.4, 0.5) is 17.1 Å². The van der Waals surface area contributed by atoms with Crippen molar-refractivity contribution in [3.05, 3.63) is 83.9 Å². The van der Waals surface area contributed by atoms with Crippen LogP contribution in [-0.2, 0) is 4.79 Å². The van der Waals surface area contributed by atoms with Gasteiger partial charge in [0.15, 0.2) is 5.11 Å². The van der Waals surface area contributed by atoms with Gasteiger partial charge in [0.2, 0.25) is 5.91 Å². The molecule has 1 unspecified atom stereocenters. The standard InChI is InChI=1S/C24H25N3OS2/c1-16-9-7-14-22(17(16)2)27-23(28)18(3)30-21-13-8-12-20(15-21)26-24(29)25-19-10-5-4-6-11-19/h4-15,18H,1-3H3,(H,27,28)(H2,25,26,29). The zero-order chi connectivity index (χ0) is 21.5. The van der Waals surface area contributed by atoms with E-state index in [9.17, 15) is 4.79 Å². The Bertz CT molecular complexity index is 1040. The minimum absolute atomic E-state index is 0.0201. The third-order valence-corrected chi connectivity index (χ3v) is 5.97. The lowest BCUT2D eigenvalue weighted by molar-refractivity contribution is -0.115. The zero-order valence-electron chi connectivity index (χ0n) is 17.2. The fourth-order valence-electron chi connectivity index (χ4n) is 2.84. The van der Waals surface area contributed by atoms with Gasteiger partial charge in [-0.05, 0) is 80.5 Å². The second-order valence-electron chi connectivity index (χ2n) is 6.97. The smallest absolute Gasteiger partial charge is 0.237 e. The molecule has 0 aliphatic heterocycles. The fourth-order valence-corrected chi connectivity index (χ4v) is 4.00. The molecular weight excluding hydrogens is 410 g/mol. The van der Waals surface area contributed by atoms with E-state index in [2.05, 4.69) is 16.0 Å². The summed E-state index contributed by atoms with van der Waals surface area (Å²) < 4.78 is 0. The lowest BCUT2D eigenvalue weighted by Crippen LogP contribution is -2.23. The van der Waals surface area contributed by atoms with Crippen molar-refractivity contribution in [2.24, 2.45) is 0 Å². The first-order valence-corrected chi connectivity index (χ1v) is 11.0. The molecule has 0 aliphatic rings. The van der Waals surface area contributed by atoms with Gasteiger partial charge in [0.05, 0.1) is 5.25 Å². The summed E-state index contributed by atoms with van der Waals surface area (Å²) in [4.78, 5) is 13.7. The molecule has 0 radical (unpaired) electrons. The molecule has 0 spiro atoms. The SMILES string of the molecule is Cc1cccc(NC(=O)C(C)Sc2cccc(NC(=S)Nc3ccccc3)c2)c1C. The summed E-state index contributed by atoms with van der Waals surface area (Å²) in [5.41, 5.74) is 4.91. The zero-order valence-corrected chi connectivity index (χ0v) is 18.9. The lowest BCUT2D eigenvalue weighted by atomic mass is 10.1. The molecule has 0 aliphatic carbocycles. The first-order chi connectivity index (χ1) is 14.4. The molecule has 30 heavy (non-hydrogen) atoms. The Morgan fingerprint density at radius 1 is 0.867 bits per heavy atom. The minimum atomic E-state index is -0.241. The van der Waals surface area contributed by atoms with Gasteiger partial charge in [-0.1, -0.05) is 36.4 Å². The first kappa shape index (κ1) is 21.9. The number of carbonyl (C=O) groups is 1. The summed E-state index contributed by atoms with van der Waals surface area (Å²) >= 11 is 6.90. The fraction of sp³-hybridized carbons (Fsp3) is 0.167. The quantitative estimate of drug-likeness (QED) is 0.316. The van der Waals surface area contributed by atoms with E-state index >= 15 is 0 Å². The van der Waals surface area contributed by atoms with E-state index in [-0.39, 0.29) is 11.2 Å². The number of hydrogen-bond donors (Lipinski definition) is 3. The predicted molar refractivity (Wildman–Crippen MR) is 133 cm³/mol. The summed E-state index contributed by atoms with van der Waals surface area (Å²) in [6.07, 6.45) is 0. The second-order valence-corrected chi connectivity index (χ2v) is 8.79. The molecule has 3 aromatic carbocycles. The van der Waals surface area contributed by atoms with Crippen LogP contribution in [0, 0.1) is 13.8 Å². The number of thiocarbonyl (C=S) groups is 1. The van der Waals surface area contributed by atoms with Crippen LogP contribution in [0.25, 0.3) is 0 Å². The van der Waals surface area contributed by atoms with E-state index < -0.39 is 0 Å². The maximum absolute atomic E-state index is 12.7. The number of rotatable bonds is 6. The van der Waals surface area contributed by atoms with Crippen molar-refractivity contribution in [2.45, 2.75) is 30.9 Å². The van der Waals surface area contributed by atoms with Crippen molar-refractivity contribution in [3.8, 4) is 0 Å². The third kappa shape index (κ3) is 6.08. The van der Waals surface area contributed by atoms with Crippen LogP contribution < -0.4 is 16.0 Å².